The van der Waals surface area contributed by atoms with Gasteiger partial charge in [0.25, 0.3) is 5.91 Å². The van der Waals surface area contributed by atoms with E-state index < -0.39 is 0 Å². The van der Waals surface area contributed by atoms with E-state index in [-0.39, 0.29) is 5.91 Å². The second kappa shape index (κ2) is 5.01. The number of rotatable bonds is 3. The summed E-state index contributed by atoms with van der Waals surface area (Å²) in [5, 5.41) is 3.51. The van der Waals surface area contributed by atoms with Gasteiger partial charge in [-0.25, -0.2) is 4.98 Å². The van der Waals surface area contributed by atoms with Crippen molar-refractivity contribution < 1.29 is 4.79 Å². The van der Waals surface area contributed by atoms with E-state index in [0.717, 1.165) is 5.56 Å². The van der Waals surface area contributed by atoms with Crippen molar-refractivity contribution in [1.29, 1.82) is 0 Å². The number of hydrogen-bond acceptors (Lipinski definition) is 2. The number of amides is 1. The molecule has 0 aliphatic heterocycles. The third-order valence-electron chi connectivity index (χ3n) is 2.42. The molecule has 17 heavy (non-hydrogen) atoms. The van der Waals surface area contributed by atoms with Crippen LogP contribution in [-0.4, -0.2) is 15.5 Å². The molecular weight excluding hydrogens is 238 g/mol. The zero-order chi connectivity index (χ0) is 12.3. The molecule has 0 saturated heterocycles. The van der Waals surface area contributed by atoms with Crippen molar-refractivity contribution in [3.05, 3.63) is 53.1 Å². The van der Waals surface area contributed by atoms with Crippen LogP contribution in [0.1, 0.15) is 16.1 Å². The minimum Gasteiger partial charge on any atom is -0.347 e. The van der Waals surface area contributed by atoms with Gasteiger partial charge in [-0.05, 0) is 17.7 Å². The highest BCUT2D eigenvalue weighted by atomic mass is 35.5. The number of nitrogens with zero attached hydrogens (tertiary/aromatic N) is 2. The summed E-state index contributed by atoms with van der Waals surface area (Å²) in [4.78, 5) is 15.7. The second-order valence-electron chi connectivity index (χ2n) is 3.70. The number of carbonyl (C=O) groups excluding carboxylic acids is 1. The maximum Gasteiger partial charge on any atom is 0.269 e. The van der Waals surface area contributed by atoms with Crippen LogP contribution in [0.4, 0.5) is 0 Å². The Bertz CT molecular complexity index is 519. The summed E-state index contributed by atoms with van der Waals surface area (Å²) >= 11 is 5.78. The first-order chi connectivity index (χ1) is 8.16. The Balaban J connectivity index is 1.97. The number of hydrogen-bond donors (Lipinski definition) is 1. The van der Waals surface area contributed by atoms with E-state index in [1.54, 1.807) is 30.1 Å². The average Bonchev–Trinajstić information content (AvgIpc) is 2.74. The standard InChI is InChI=1S/C12H12ClN3O/c1-16-8-14-7-11(16)12(17)15-6-9-2-4-10(13)5-3-9/h2-5,7-8H,6H2,1H3,(H,15,17). The van der Waals surface area contributed by atoms with Crippen LogP contribution in [0.25, 0.3) is 0 Å². The van der Waals surface area contributed by atoms with Crippen molar-refractivity contribution in [2.45, 2.75) is 6.54 Å². The molecule has 1 aromatic carbocycles. The van der Waals surface area contributed by atoms with E-state index in [1.807, 2.05) is 12.1 Å². The summed E-state index contributed by atoms with van der Waals surface area (Å²) in [6.07, 6.45) is 3.13. The summed E-state index contributed by atoms with van der Waals surface area (Å²) in [7, 11) is 1.78. The first-order valence-electron chi connectivity index (χ1n) is 5.16. The zero-order valence-electron chi connectivity index (χ0n) is 9.35. The van der Waals surface area contributed by atoms with Crippen LogP contribution in [0.2, 0.25) is 5.02 Å². The van der Waals surface area contributed by atoms with Crippen LogP contribution in [0.15, 0.2) is 36.8 Å². The van der Waals surface area contributed by atoms with E-state index in [4.69, 9.17) is 11.6 Å². The molecule has 1 aromatic heterocycles. The Hall–Kier alpha value is -1.81. The normalized spacial score (nSPS) is 10.2. The third kappa shape index (κ3) is 2.85. The average molecular weight is 250 g/mol. The van der Waals surface area contributed by atoms with Gasteiger partial charge in [-0.2, -0.15) is 0 Å². The lowest BCUT2D eigenvalue weighted by molar-refractivity contribution is 0.0943. The zero-order valence-corrected chi connectivity index (χ0v) is 10.1. The number of halogens is 1. The molecule has 0 radical (unpaired) electrons. The van der Waals surface area contributed by atoms with E-state index in [2.05, 4.69) is 10.3 Å². The minimum absolute atomic E-state index is 0.139. The van der Waals surface area contributed by atoms with Crippen LogP contribution in [0.5, 0.6) is 0 Å². The Morgan fingerprint density at radius 2 is 2.12 bits per heavy atom. The Kier molecular flexibility index (Phi) is 3.44. The number of aromatic nitrogens is 2. The van der Waals surface area contributed by atoms with Gasteiger partial charge in [0.1, 0.15) is 5.69 Å². The SMILES string of the molecule is Cn1cncc1C(=O)NCc1ccc(Cl)cc1. The molecule has 0 saturated carbocycles. The van der Waals surface area contributed by atoms with E-state index in [1.165, 1.54) is 6.20 Å². The fourth-order valence-electron chi connectivity index (χ4n) is 1.45. The first-order valence-corrected chi connectivity index (χ1v) is 5.53. The lowest BCUT2D eigenvalue weighted by Gasteiger charge is -2.05. The smallest absolute Gasteiger partial charge is 0.269 e. The summed E-state index contributed by atoms with van der Waals surface area (Å²) < 4.78 is 1.68. The van der Waals surface area contributed by atoms with Crippen molar-refractivity contribution in [3.63, 3.8) is 0 Å². The molecule has 0 atom stereocenters. The van der Waals surface area contributed by atoms with Gasteiger partial charge in [0.15, 0.2) is 0 Å². The Morgan fingerprint density at radius 3 is 2.71 bits per heavy atom. The molecule has 2 aromatic rings. The highest BCUT2D eigenvalue weighted by molar-refractivity contribution is 6.30. The maximum absolute atomic E-state index is 11.8. The van der Waals surface area contributed by atoms with Gasteiger partial charge in [-0.15, -0.1) is 0 Å². The summed E-state index contributed by atoms with van der Waals surface area (Å²) in [5.41, 5.74) is 1.55. The first kappa shape index (κ1) is 11.7. The highest BCUT2D eigenvalue weighted by Gasteiger charge is 2.08. The van der Waals surface area contributed by atoms with Gasteiger partial charge in [-0.1, -0.05) is 23.7 Å². The van der Waals surface area contributed by atoms with Crippen molar-refractivity contribution in [3.8, 4) is 0 Å². The third-order valence-corrected chi connectivity index (χ3v) is 2.67. The summed E-state index contributed by atoms with van der Waals surface area (Å²) in [6, 6.07) is 7.36. The molecule has 0 aliphatic carbocycles. The highest BCUT2D eigenvalue weighted by Crippen LogP contribution is 2.09. The molecule has 0 spiro atoms. The van der Waals surface area contributed by atoms with E-state index >= 15 is 0 Å². The van der Waals surface area contributed by atoms with Gasteiger partial charge >= 0.3 is 0 Å². The fraction of sp³-hybridized carbons (Fsp3) is 0.167. The number of aryl methyl sites for hydroxylation is 1. The quantitative estimate of drug-likeness (QED) is 0.905. The largest absolute Gasteiger partial charge is 0.347 e. The van der Waals surface area contributed by atoms with Crippen molar-refractivity contribution in [2.75, 3.05) is 0 Å². The van der Waals surface area contributed by atoms with Gasteiger partial charge in [0, 0.05) is 18.6 Å². The molecule has 0 fully saturated rings. The maximum atomic E-state index is 11.8. The molecular formula is C12H12ClN3O. The van der Waals surface area contributed by atoms with Gasteiger partial charge in [-0.3, -0.25) is 4.79 Å². The molecule has 0 bridgehead atoms. The lowest BCUT2D eigenvalue weighted by atomic mass is 10.2. The number of benzene rings is 1. The minimum atomic E-state index is -0.139. The summed E-state index contributed by atoms with van der Waals surface area (Å²) in [6.45, 7) is 0.473. The molecule has 1 heterocycles. The predicted molar refractivity (Wildman–Crippen MR) is 65.8 cm³/mol. The molecule has 0 unspecified atom stereocenters. The van der Waals surface area contributed by atoms with Crippen molar-refractivity contribution >= 4 is 17.5 Å². The molecule has 88 valence electrons. The van der Waals surface area contributed by atoms with E-state index in [9.17, 15) is 4.79 Å². The summed E-state index contributed by atoms with van der Waals surface area (Å²) in [5.74, 6) is -0.139. The lowest BCUT2D eigenvalue weighted by Crippen LogP contribution is -2.24. The number of imidazole rings is 1. The van der Waals surface area contributed by atoms with Crippen LogP contribution < -0.4 is 5.32 Å². The van der Waals surface area contributed by atoms with Crippen LogP contribution in [0.3, 0.4) is 0 Å². The molecule has 0 aliphatic rings. The Morgan fingerprint density at radius 1 is 1.41 bits per heavy atom. The molecule has 1 N–H and O–H groups in total. The topological polar surface area (TPSA) is 46.9 Å². The predicted octanol–water partition coefficient (Wildman–Crippen LogP) is 2.00. The van der Waals surface area contributed by atoms with Gasteiger partial charge in [0.05, 0.1) is 12.5 Å². The molecule has 5 heteroatoms. The van der Waals surface area contributed by atoms with Crippen molar-refractivity contribution in [2.24, 2.45) is 7.05 Å². The molecule has 4 nitrogen and oxygen atoms in total. The molecule has 1 amide bonds. The second-order valence-corrected chi connectivity index (χ2v) is 4.14. The van der Waals surface area contributed by atoms with Crippen LogP contribution >= 0.6 is 11.6 Å². The van der Waals surface area contributed by atoms with Gasteiger partial charge < -0.3 is 9.88 Å². The Labute approximate surface area is 104 Å². The van der Waals surface area contributed by atoms with Crippen LogP contribution in [0, 0.1) is 0 Å². The molecule has 2 rings (SSSR count). The fourth-order valence-corrected chi connectivity index (χ4v) is 1.58. The van der Waals surface area contributed by atoms with Crippen molar-refractivity contribution in [1.82, 2.24) is 14.9 Å². The monoisotopic (exact) mass is 249 g/mol. The van der Waals surface area contributed by atoms with Gasteiger partial charge in [0.2, 0.25) is 0 Å². The number of carbonyl (C=O) groups is 1. The number of nitrogens with one attached hydrogen (secondary N) is 1. The van der Waals surface area contributed by atoms with E-state index in [0.29, 0.717) is 17.3 Å². The van der Waals surface area contributed by atoms with Crippen LogP contribution in [-0.2, 0) is 13.6 Å².